The van der Waals surface area contributed by atoms with Crippen molar-refractivity contribution < 1.29 is 0 Å². The first-order valence-electron chi connectivity index (χ1n) is 17.2. The second-order valence-electron chi connectivity index (χ2n) is 15.2. The van der Waals surface area contributed by atoms with Gasteiger partial charge < -0.3 is 9.97 Å². The van der Waals surface area contributed by atoms with Crippen molar-refractivity contribution in [1.29, 1.82) is 0 Å². The van der Waals surface area contributed by atoms with Crippen molar-refractivity contribution in [2.45, 2.75) is 53.1 Å². The Bertz CT molecular complexity index is 2510. The van der Waals surface area contributed by atoms with E-state index in [4.69, 9.17) is 9.97 Å². The summed E-state index contributed by atoms with van der Waals surface area (Å²) in [6.07, 6.45) is 8.35. The van der Waals surface area contributed by atoms with Crippen molar-refractivity contribution in [3.63, 3.8) is 0 Å². The minimum atomic E-state index is -1.71. The van der Waals surface area contributed by atoms with Gasteiger partial charge in [0.25, 0.3) is 0 Å². The fourth-order valence-electron chi connectivity index (χ4n) is 6.02. The summed E-state index contributed by atoms with van der Waals surface area (Å²) in [5.74, 6) is 7.13. The average Bonchev–Trinajstić information content (AvgIpc) is 3.88. The summed E-state index contributed by atoms with van der Waals surface area (Å²) in [5, 5.41) is 0. The van der Waals surface area contributed by atoms with E-state index in [1.807, 2.05) is 0 Å². The molecule has 50 heavy (non-hydrogen) atoms. The third-order valence-corrected chi connectivity index (χ3v) is 10.3. The predicted octanol–water partition coefficient (Wildman–Crippen LogP) is 11.1. The minimum absolute atomic E-state index is 0.813. The van der Waals surface area contributed by atoms with Gasteiger partial charge in [0, 0.05) is 27.7 Å². The normalized spacial score (nSPS) is 12.3. The van der Waals surface area contributed by atoms with Crippen molar-refractivity contribution in [1.82, 2.24) is 19.9 Å². The topological polar surface area (TPSA) is 57.4 Å². The molecule has 2 aliphatic rings. The quantitative estimate of drug-likeness (QED) is 0.141. The number of aromatic nitrogens is 4. The summed E-state index contributed by atoms with van der Waals surface area (Å²) in [5.41, 5.74) is 23.0. The molecule has 0 radical (unpaired) electrons. The number of nitrogens with one attached hydrogen (secondary N) is 2. The zero-order valence-corrected chi connectivity index (χ0v) is 32.1. The summed E-state index contributed by atoms with van der Waals surface area (Å²) < 4.78 is 0. The number of fused-ring (bicyclic) bond motifs is 8. The van der Waals surface area contributed by atoms with E-state index >= 15 is 0 Å². The molecule has 0 saturated carbocycles. The van der Waals surface area contributed by atoms with E-state index in [1.54, 1.807) is 0 Å². The van der Waals surface area contributed by atoms with Crippen LogP contribution in [0.4, 0.5) is 0 Å². The molecule has 5 aromatic rings. The first kappa shape index (κ1) is 33.1. The molecule has 0 aliphatic carbocycles. The zero-order valence-electron chi connectivity index (χ0n) is 30.1. The highest BCUT2D eigenvalue weighted by atomic mass is 28.3. The Morgan fingerprint density at radius 2 is 0.820 bits per heavy atom. The number of hydrogen-bond donors (Lipinski definition) is 2. The molecule has 0 atom stereocenters. The Morgan fingerprint density at radius 3 is 1.34 bits per heavy atom. The largest absolute Gasteiger partial charge is 0.354 e. The van der Waals surface area contributed by atoms with Crippen molar-refractivity contribution in [2.75, 3.05) is 0 Å². The lowest BCUT2D eigenvalue weighted by Crippen LogP contribution is -2.16. The molecule has 5 heterocycles. The smallest absolute Gasteiger partial charge is 0.129 e. The van der Waals surface area contributed by atoms with Crippen LogP contribution in [0.25, 0.3) is 68.6 Å². The lowest BCUT2D eigenvalue weighted by Gasteiger charge is -2.06. The van der Waals surface area contributed by atoms with Gasteiger partial charge in [0.05, 0.1) is 39.4 Å². The van der Waals surface area contributed by atoms with E-state index in [9.17, 15) is 0 Å². The predicted molar refractivity (Wildman–Crippen MR) is 220 cm³/mol. The van der Waals surface area contributed by atoms with Gasteiger partial charge in [-0.1, -0.05) is 111 Å². The molecule has 246 valence electrons. The molecule has 6 heteroatoms. The molecule has 0 spiro atoms. The second-order valence-corrected chi connectivity index (χ2v) is 24.7. The highest BCUT2D eigenvalue weighted by molar-refractivity contribution is 6.84. The third-order valence-electron chi connectivity index (χ3n) is 8.56. The Labute approximate surface area is 297 Å². The van der Waals surface area contributed by atoms with Crippen LogP contribution in [0, 0.1) is 36.8 Å². The summed E-state index contributed by atoms with van der Waals surface area (Å²) in [6.45, 7) is 17.8. The summed E-state index contributed by atoms with van der Waals surface area (Å²) >= 11 is 0. The van der Waals surface area contributed by atoms with Crippen LogP contribution in [-0.4, -0.2) is 36.1 Å². The highest BCUT2D eigenvalue weighted by Gasteiger charge is 2.18. The fourth-order valence-corrected chi connectivity index (χ4v) is 7.02. The Balaban J connectivity index is 1.68. The van der Waals surface area contributed by atoms with E-state index < -0.39 is 16.1 Å². The molecule has 7 rings (SSSR count). The highest BCUT2D eigenvalue weighted by Crippen LogP contribution is 2.34. The van der Waals surface area contributed by atoms with Crippen LogP contribution >= 0.6 is 0 Å². The summed E-state index contributed by atoms with van der Waals surface area (Å²) in [4.78, 5) is 18.1. The number of hydrogen-bond acceptors (Lipinski definition) is 2. The number of rotatable bonds is 2. The van der Waals surface area contributed by atoms with Gasteiger partial charge in [0.1, 0.15) is 16.1 Å². The molecule has 3 aromatic heterocycles. The van der Waals surface area contributed by atoms with E-state index in [0.29, 0.717) is 0 Å². The number of benzene rings is 2. The van der Waals surface area contributed by atoms with E-state index in [1.165, 1.54) is 11.1 Å². The average molecular weight is 683 g/mol. The first-order valence-corrected chi connectivity index (χ1v) is 24.2. The van der Waals surface area contributed by atoms with Crippen LogP contribution in [0.15, 0.2) is 72.8 Å². The number of H-pyrrole nitrogens is 2. The monoisotopic (exact) mass is 682 g/mol. The van der Waals surface area contributed by atoms with Gasteiger partial charge in [0.15, 0.2) is 0 Å². The van der Waals surface area contributed by atoms with Crippen LogP contribution in [0.1, 0.15) is 45.0 Å². The molecule has 2 aliphatic heterocycles. The Hall–Kier alpha value is -5.41. The molecule has 8 bridgehead atoms. The first-order chi connectivity index (χ1) is 23.8. The van der Waals surface area contributed by atoms with E-state index in [2.05, 4.69) is 183 Å². The van der Waals surface area contributed by atoms with Crippen LogP contribution in [-0.2, 0) is 0 Å². The Morgan fingerprint density at radius 1 is 0.440 bits per heavy atom. The van der Waals surface area contributed by atoms with Crippen LogP contribution < -0.4 is 0 Å². The van der Waals surface area contributed by atoms with Crippen LogP contribution in [0.2, 0.25) is 39.3 Å². The second kappa shape index (κ2) is 12.8. The lowest BCUT2D eigenvalue weighted by molar-refractivity contribution is 1.25. The Kier molecular flexibility index (Phi) is 8.48. The molecule has 0 fully saturated rings. The molecular weight excluding hydrogens is 641 g/mol. The fraction of sp³-hybridized carbons (Fsp3) is 0.182. The summed E-state index contributed by atoms with van der Waals surface area (Å²) in [6, 6.07) is 26.0. The molecular formula is C44H42N4Si2. The van der Waals surface area contributed by atoms with Gasteiger partial charge in [0.2, 0.25) is 0 Å². The number of aromatic amines is 2. The SMILES string of the molecule is Cc1ccc(-c2c3nc(c(C#C[Si](C)(C)C)c4nc(c(C#C[Si](C)(C)C)c5ccc([nH]5)c(-c5ccc(C)cc5)c5ccc2[nH]5)C=C4)C=C3)cc1. The molecule has 2 N–H and O–H groups in total. The molecule has 0 saturated heterocycles. The van der Waals surface area contributed by atoms with E-state index in [0.717, 1.165) is 78.2 Å². The van der Waals surface area contributed by atoms with Crippen LogP contribution in [0.5, 0.6) is 0 Å². The van der Waals surface area contributed by atoms with Gasteiger partial charge in [-0.3, -0.25) is 0 Å². The van der Waals surface area contributed by atoms with Gasteiger partial charge in [-0.05, 0) is 73.5 Å². The van der Waals surface area contributed by atoms with Gasteiger partial charge in [-0.15, -0.1) is 11.1 Å². The van der Waals surface area contributed by atoms with Crippen molar-refractivity contribution in [3.05, 3.63) is 118 Å². The van der Waals surface area contributed by atoms with Crippen molar-refractivity contribution >= 4 is 62.5 Å². The van der Waals surface area contributed by atoms with Gasteiger partial charge >= 0.3 is 0 Å². The molecule has 2 aromatic carbocycles. The maximum atomic E-state index is 5.29. The van der Waals surface area contributed by atoms with Crippen molar-refractivity contribution in [3.8, 4) is 45.2 Å². The summed E-state index contributed by atoms with van der Waals surface area (Å²) in [7, 11) is -3.41. The lowest BCUT2D eigenvalue weighted by atomic mass is 10.0. The van der Waals surface area contributed by atoms with Gasteiger partial charge in [-0.2, -0.15) is 0 Å². The van der Waals surface area contributed by atoms with Crippen LogP contribution in [0.3, 0.4) is 0 Å². The standard InChI is InChI=1S/C44H42N4Si2/c1-29-9-13-31(14-10-29)43-39-21-19-37(46-39)33(25-27-49(3,4)5)35-17-18-36(45-35)34(26-28-50(6,7)8)38-20-22-40(47-38)44(42-24-23-41(43)48-42)32-15-11-30(2)12-16-32/h9-24,46,48H,1-8H3. The number of nitrogens with zero attached hydrogens (tertiary/aromatic N) is 2. The van der Waals surface area contributed by atoms with E-state index in [-0.39, 0.29) is 0 Å². The third kappa shape index (κ3) is 7.00. The molecule has 0 unspecified atom stereocenters. The van der Waals surface area contributed by atoms with Crippen molar-refractivity contribution in [2.24, 2.45) is 0 Å². The molecule has 0 amide bonds. The molecule has 4 nitrogen and oxygen atoms in total. The number of aryl methyl sites for hydroxylation is 2. The van der Waals surface area contributed by atoms with Gasteiger partial charge in [-0.25, -0.2) is 9.97 Å². The maximum absolute atomic E-state index is 5.29. The minimum Gasteiger partial charge on any atom is -0.354 e. The zero-order chi connectivity index (χ0) is 35.2. The maximum Gasteiger partial charge on any atom is 0.129 e.